The van der Waals surface area contributed by atoms with E-state index in [4.69, 9.17) is 5.73 Å². The minimum absolute atomic E-state index is 0.407. The number of benzene rings is 1. The number of fused-ring (bicyclic) bond motifs is 1. The molecule has 0 fully saturated rings. The average Bonchev–Trinajstić information content (AvgIpc) is 2.24. The molecule has 0 radical (unpaired) electrons. The molecule has 0 spiro atoms. The molecular formula is C11H14F2N2. The van der Waals surface area contributed by atoms with Gasteiger partial charge in [0.15, 0.2) is 11.6 Å². The molecule has 2 nitrogen and oxygen atoms in total. The van der Waals surface area contributed by atoms with E-state index < -0.39 is 17.2 Å². The number of hydrogen-bond donors (Lipinski definition) is 2. The molecule has 1 atom stereocenters. The minimum Gasteiger partial charge on any atom is -0.324 e. The smallest absolute Gasteiger partial charge is 0.159 e. The fourth-order valence-corrected chi connectivity index (χ4v) is 1.94. The van der Waals surface area contributed by atoms with Gasteiger partial charge in [-0.25, -0.2) is 8.78 Å². The van der Waals surface area contributed by atoms with Crippen molar-refractivity contribution in [2.75, 3.05) is 6.54 Å². The topological polar surface area (TPSA) is 38.0 Å². The molecule has 15 heavy (non-hydrogen) atoms. The van der Waals surface area contributed by atoms with Gasteiger partial charge < -0.3 is 11.1 Å². The quantitative estimate of drug-likeness (QED) is 0.681. The Morgan fingerprint density at radius 3 is 2.53 bits per heavy atom. The van der Waals surface area contributed by atoms with Gasteiger partial charge in [0.1, 0.15) is 0 Å². The highest BCUT2D eigenvalue weighted by Crippen LogP contribution is 2.21. The van der Waals surface area contributed by atoms with Crippen molar-refractivity contribution in [1.29, 1.82) is 0 Å². The molecule has 1 aliphatic rings. The Morgan fingerprint density at radius 1 is 1.27 bits per heavy atom. The molecule has 0 bridgehead atoms. The lowest BCUT2D eigenvalue weighted by atomic mass is 9.93. The molecule has 1 aromatic rings. The summed E-state index contributed by atoms with van der Waals surface area (Å²) in [5, 5.41) is 3.13. The van der Waals surface area contributed by atoms with E-state index >= 15 is 0 Å². The maximum absolute atomic E-state index is 13.1. The summed E-state index contributed by atoms with van der Waals surface area (Å²) in [6, 6.07) is 2.50. The zero-order valence-corrected chi connectivity index (χ0v) is 8.61. The lowest BCUT2D eigenvalue weighted by Gasteiger charge is -2.22. The molecule has 1 unspecified atom stereocenters. The van der Waals surface area contributed by atoms with Crippen LogP contribution in [0.15, 0.2) is 12.1 Å². The van der Waals surface area contributed by atoms with E-state index in [9.17, 15) is 8.78 Å². The van der Waals surface area contributed by atoms with E-state index in [-0.39, 0.29) is 0 Å². The van der Waals surface area contributed by atoms with Crippen molar-refractivity contribution >= 4 is 0 Å². The first-order valence-corrected chi connectivity index (χ1v) is 4.94. The van der Waals surface area contributed by atoms with Crippen molar-refractivity contribution in [1.82, 2.24) is 5.32 Å². The Balaban J connectivity index is 2.43. The van der Waals surface area contributed by atoms with Gasteiger partial charge in [0.2, 0.25) is 0 Å². The predicted molar refractivity (Wildman–Crippen MR) is 54.4 cm³/mol. The molecule has 1 aliphatic heterocycles. The molecule has 2 rings (SSSR count). The number of rotatable bonds is 0. The van der Waals surface area contributed by atoms with Crippen LogP contribution in [0.3, 0.4) is 0 Å². The third-order valence-corrected chi connectivity index (χ3v) is 2.68. The van der Waals surface area contributed by atoms with Gasteiger partial charge in [-0.2, -0.15) is 0 Å². The van der Waals surface area contributed by atoms with E-state index in [1.807, 2.05) is 6.92 Å². The zero-order valence-electron chi connectivity index (χ0n) is 8.61. The molecule has 4 heteroatoms. The third kappa shape index (κ3) is 2.16. The van der Waals surface area contributed by atoms with Crippen molar-refractivity contribution in [3.8, 4) is 0 Å². The van der Waals surface area contributed by atoms with E-state index in [1.54, 1.807) is 0 Å². The number of nitrogens with two attached hydrogens (primary N) is 1. The Morgan fingerprint density at radius 2 is 1.87 bits per heavy atom. The largest absolute Gasteiger partial charge is 0.324 e. The van der Waals surface area contributed by atoms with E-state index in [0.717, 1.165) is 11.1 Å². The standard InChI is InChI=1S/C11H14F2N2/c1-11(14)4-7-2-9(12)10(13)3-8(7)5-15-6-11/h2-3,15H,4-6,14H2,1H3. The third-order valence-electron chi connectivity index (χ3n) is 2.68. The van der Waals surface area contributed by atoms with Crippen LogP contribution in [-0.2, 0) is 13.0 Å². The van der Waals surface area contributed by atoms with Gasteiger partial charge >= 0.3 is 0 Å². The van der Waals surface area contributed by atoms with Crippen LogP contribution in [0.25, 0.3) is 0 Å². The summed E-state index contributed by atoms with van der Waals surface area (Å²) in [7, 11) is 0. The Labute approximate surface area is 87.5 Å². The number of halogens is 2. The second-order valence-corrected chi connectivity index (χ2v) is 4.47. The maximum Gasteiger partial charge on any atom is 0.159 e. The summed E-state index contributed by atoms with van der Waals surface area (Å²) in [6.07, 6.45) is 0.562. The number of nitrogens with one attached hydrogen (secondary N) is 1. The van der Waals surface area contributed by atoms with E-state index in [0.29, 0.717) is 19.5 Å². The molecule has 82 valence electrons. The maximum atomic E-state index is 13.1. The van der Waals surface area contributed by atoms with Gasteiger partial charge in [0.25, 0.3) is 0 Å². The van der Waals surface area contributed by atoms with Crippen LogP contribution < -0.4 is 11.1 Å². The fraction of sp³-hybridized carbons (Fsp3) is 0.455. The summed E-state index contributed by atoms with van der Waals surface area (Å²) in [6.45, 7) is 3.08. The molecule has 3 N–H and O–H groups in total. The summed E-state index contributed by atoms with van der Waals surface area (Å²) < 4.78 is 26.1. The number of hydrogen-bond acceptors (Lipinski definition) is 2. The Bertz CT molecular complexity index is 388. The summed E-state index contributed by atoms with van der Waals surface area (Å²) >= 11 is 0. The second-order valence-electron chi connectivity index (χ2n) is 4.47. The van der Waals surface area contributed by atoms with Crippen LogP contribution in [0.2, 0.25) is 0 Å². The van der Waals surface area contributed by atoms with Crippen molar-refractivity contribution < 1.29 is 8.78 Å². The molecule has 1 heterocycles. The van der Waals surface area contributed by atoms with Crippen molar-refractivity contribution in [3.63, 3.8) is 0 Å². The van der Waals surface area contributed by atoms with Gasteiger partial charge in [-0.3, -0.25) is 0 Å². The molecule has 1 aromatic carbocycles. The molecule has 0 saturated carbocycles. The lowest BCUT2D eigenvalue weighted by molar-refractivity contribution is 0.441. The minimum atomic E-state index is -0.800. The zero-order chi connectivity index (χ0) is 11.1. The highest BCUT2D eigenvalue weighted by molar-refractivity contribution is 5.31. The Kier molecular flexibility index (Phi) is 2.48. The first-order chi connectivity index (χ1) is 6.98. The SMILES string of the molecule is CC1(N)CNCc2cc(F)c(F)cc2C1. The first-order valence-electron chi connectivity index (χ1n) is 4.94. The molecule has 0 saturated heterocycles. The van der Waals surface area contributed by atoms with Crippen molar-refractivity contribution in [3.05, 3.63) is 34.9 Å². The van der Waals surface area contributed by atoms with Crippen molar-refractivity contribution in [2.24, 2.45) is 5.73 Å². The molecule has 0 amide bonds. The van der Waals surface area contributed by atoms with Gasteiger partial charge in [-0.1, -0.05) is 0 Å². The van der Waals surface area contributed by atoms with Crippen LogP contribution in [-0.4, -0.2) is 12.1 Å². The summed E-state index contributed by atoms with van der Waals surface area (Å²) in [5.74, 6) is -1.59. The van der Waals surface area contributed by atoms with Gasteiger partial charge in [0, 0.05) is 18.6 Å². The average molecular weight is 212 g/mol. The Hall–Kier alpha value is -1.00. The molecular weight excluding hydrogens is 198 g/mol. The van der Waals surface area contributed by atoms with Crippen LogP contribution in [0.5, 0.6) is 0 Å². The normalized spacial score (nSPS) is 25.9. The van der Waals surface area contributed by atoms with Gasteiger partial charge in [0.05, 0.1) is 0 Å². The van der Waals surface area contributed by atoms with Crippen LogP contribution in [0.1, 0.15) is 18.1 Å². The highest BCUT2D eigenvalue weighted by Gasteiger charge is 2.24. The van der Waals surface area contributed by atoms with Crippen LogP contribution >= 0.6 is 0 Å². The van der Waals surface area contributed by atoms with E-state index in [1.165, 1.54) is 12.1 Å². The van der Waals surface area contributed by atoms with E-state index in [2.05, 4.69) is 5.32 Å². The lowest BCUT2D eigenvalue weighted by Crippen LogP contribution is -2.46. The van der Waals surface area contributed by atoms with Crippen LogP contribution in [0, 0.1) is 11.6 Å². The van der Waals surface area contributed by atoms with Gasteiger partial charge in [-0.05, 0) is 36.6 Å². The highest BCUT2D eigenvalue weighted by atomic mass is 19.2. The fourth-order valence-electron chi connectivity index (χ4n) is 1.94. The molecule has 0 aliphatic carbocycles. The monoisotopic (exact) mass is 212 g/mol. The van der Waals surface area contributed by atoms with Crippen LogP contribution in [0.4, 0.5) is 8.78 Å². The second kappa shape index (κ2) is 3.54. The summed E-state index contributed by atoms with van der Waals surface area (Å²) in [4.78, 5) is 0. The molecule has 0 aromatic heterocycles. The first kappa shape index (κ1) is 10.5. The van der Waals surface area contributed by atoms with Crippen molar-refractivity contribution in [2.45, 2.75) is 25.4 Å². The van der Waals surface area contributed by atoms with Gasteiger partial charge in [-0.15, -0.1) is 0 Å². The predicted octanol–water partition coefficient (Wildman–Crippen LogP) is 1.33. The summed E-state index contributed by atoms with van der Waals surface area (Å²) in [5.41, 5.74) is 7.18.